The first kappa shape index (κ1) is 19.0. The normalized spacial score (nSPS) is 16.6. The molecule has 152 valence electrons. The SMILES string of the molecule is O=C(O)COc1ccccc1C=C1C(=O)NC(=O)N(c2ccc3c(c2)OCO3)C1=O. The lowest BCUT2D eigenvalue weighted by molar-refractivity contribution is -0.139. The Bertz CT molecular complexity index is 1110. The Morgan fingerprint density at radius 2 is 1.90 bits per heavy atom. The lowest BCUT2D eigenvalue weighted by atomic mass is 10.1. The van der Waals surface area contributed by atoms with Crippen LogP contribution in [0.15, 0.2) is 48.0 Å². The molecule has 10 heteroatoms. The van der Waals surface area contributed by atoms with Crippen LogP contribution in [0.5, 0.6) is 17.2 Å². The molecule has 30 heavy (non-hydrogen) atoms. The van der Waals surface area contributed by atoms with E-state index in [0.29, 0.717) is 17.1 Å². The Hall–Kier alpha value is -4.34. The molecule has 0 bridgehead atoms. The molecule has 2 N–H and O–H groups in total. The zero-order valence-corrected chi connectivity index (χ0v) is 15.3. The maximum atomic E-state index is 13.0. The van der Waals surface area contributed by atoms with Crippen LogP contribution >= 0.6 is 0 Å². The lowest BCUT2D eigenvalue weighted by Gasteiger charge is -2.26. The first-order chi connectivity index (χ1) is 14.4. The maximum absolute atomic E-state index is 13.0. The summed E-state index contributed by atoms with van der Waals surface area (Å²) in [6.07, 6.45) is 1.24. The van der Waals surface area contributed by atoms with Crippen LogP contribution in [-0.4, -0.2) is 42.3 Å². The number of anilines is 1. The van der Waals surface area contributed by atoms with Gasteiger partial charge in [0.25, 0.3) is 11.8 Å². The van der Waals surface area contributed by atoms with E-state index >= 15 is 0 Å². The molecule has 4 rings (SSSR count). The standard InChI is InChI=1S/C20H14N2O8/c23-17(24)9-28-14-4-2-1-3-11(14)7-13-18(25)21-20(27)22(19(13)26)12-5-6-15-16(8-12)30-10-29-15/h1-8H,9-10H2,(H,23,24)(H,21,25,27). The largest absolute Gasteiger partial charge is 0.481 e. The van der Waals surface area contributed by atoms with E-state index in [1.54, 1.807) is 24.3 Å². The first-order valence-electron chi connectivity index (χ1n) is 8.69. The number of urea groups is 1. The zero-order valence-electron chi connectivity index (χ0n) is 15.3. The average Bonchev–Trinajstić information content (AvgIpc) is 3.18. The molecule has 0 unspecified atom stereocenters. The Balaban J connectivity index is 1.69. The van der Waals surface area contributed by atoms with E-state index in [9.17, 15) is 19.2 Å². The number of carboxylic acid groups (broad SMARTS) is 1. The molecular formula is C20H14N2O8. The molecule has 2 aliphatic heterocycles. The predicted molar refractivity (Wildman–Crippen MR) is 101 cm³/mol. The van der Waals surface area contributed by atoms with Crippen LogP contribution in [-0.2, 0) is 14.4 Å². The van der Waals surface area contributed by atoms with Gasteiger partial charge >= 0.3 is 12.0 Å². The van der Waals surface area contributed by atoms with E-state index in [-0.39, 0.29) is 23.8 Å². The molecule has 0 saturated carbocycles. The molecule has 0 spiro atoms. The summed E-state index contributed by atoms with van der Waals surface area (Å²) >= 11 is 0. The summed E-state index contributed by atoms with van der Waals surface area (Å²) in [4.78, 5) is 49.2. The summed E-state index contributed by atoms with van der Waals surface area (Å²) < 4.78 is 15.7. The van der Waals surface area contributed by atoms with Gasteiger partial charge in [0.2, 0.25) is 6.79 Å². The number of carbonyl (C=O) groups is 4. The molecule has 0 aliphatic carbocycles. The summed E-state index contributed by atoms with van der Waals surface area (Å²) in [5.41, 5.74) is 0.173. The molecular weight excluding hydrogens is 396 g/mol. The highest BCUT2D eigenvalue weighted by Gasteiger charge is 2.37. The van der Waals surface area contributed by atoms with Crippen LogP contribution in [0, 0.1) is 0 Å². The number of carboxylic acids is 1. The highest BCUT2D eigenvalue weighted by molar-refractivity contribution is 6.39. The number of benzene rings is 2. The average molecular weight is 410 g/mol. The number of carbonyl (C=O) groups excluding carboxylic acids is 3. The number of hydrogen-bond acceptors (Lipinski definition) is 7. The highest BCUT2D eigenvalue weighted by Crippen LogP contribution is 2.36. The van der Waals surface area contributed by atoms with Crippen LogP contribution in [0.25, 0.3) is 6.08 Å². The number of rotatable bonds is 5. The number of imide groups is 2. The van der Waals surface area contributed by atoms with Gasteiger partial charge < -0.3 is 19.3 Å². The smallest absolute Gasteiger partial charge is 0.341 e. The van der Waals surface area contributed by atoms with E-state index in [1.165, 1.54) is 24.3 Å². The molecule has 4 amide bonds. The van der Waals surface area contributed by atoms with E-state index in [1.807, 2.05) is 0 Å². The molecule has 1 saturated heterocycles. The molecule has 2 aliphatic rings. The maximum Gasteiger partial charge on any atom is 0.341 e. The third-order valence-electron chi connectivity index (χ3n) is 4.29. The summed E-state index contributed by atoms with van der Waals surface area (Å²) in [6.45, 7) is -0.572. The number of nitrogens with one attached hydrogen (secondary N) is 1. The third kappa shape index (κ3) is 3.53. The van der Waals surface area contributed by atoms with Gasteiger partial charge in [-0.2, -0.15) is 0 Å². The van der Waals surface area contributed by atoms with Crippen molar-refractivity contribution in [2.45, 2.75) is 0 Å². The minimum atomic E-state index is -1.18. The number of para-hydroxylation sites is 1. The van der Waals surface area contributed by atoms with Crippen LogP contribution in [0.1, 0.15) is 5.56 Å². The van der Waals surface area contributed by atoms with Crippen molar-refractivity contribution in [3.63, 3.8) is 0 Å². The number of aliphatic carboxylic acids is 1. The fourth-order valence-electron chi connectivity index (χ4n) is 2.94. The third-order valence-corrected chi connectivity index (χ3v) is 4.29. The lowest BCUT2D eigenvalue weighted by Crippen LogP contribution is -2.54. The van der Waals surface area contributed by atoms with Gasteiger partial charge in [0.15, 0.2) is 18.1 Å². The van der Waals surface area contributed by atoms with Gasteiger partial charge in [0, 0.05) is 11.6 Å². The highest BCUT2D eigenvalue weighted by atomic mass is 16.7. The predicted octanol–water partition coefficient (Wildman–Crippen LogP) is 1.55. The number of hydrogen-bond donors (Lipinski definition) is 2. The van der Waals surface area contributed by atoms with Crippen molar-refractivity contribution in [3.05, 3.63) is 53.6 Å². The quantitative estimate of drug-likeness (QED) is 0.561. The van der Waals surface area contributed by atoms with Gasteiger partial charge in [-0.3, -0.25) is 14.9 Å². The Morgan fingerprint density at radius 3 is 2.70 bits per heavy atom. The number of barbiturate groups is 1. The van der Waals surface area contributed by atoms with Crippen molar-refractivity contribution in [3.8, 4) is 17.2 Å². The van der Waals surface area contributed by atoms with Crippen LogP contribution < -0.4 is 24.4 Å². The molecule has 2 aromatic rings. The first-order valence-corrected chi connectivity index (χ1v) is 8.69. The van der Waals surface area contributed by atoms with Gasteiger partial charge in [0.05, 0.1) is 5.69 Å². The monoisotopic (exact) mass is 410 g/mol. The van der Waals surface area contributed by atoms with Crippen molar-refractivity contribution < 1.29 is 38.5 Å². The second-order valence-electron chi connectivity index (χ2n) is 6.22. The van der Waals surface area contributed by atoms with Gasteiger partial charge in [-0.15, -0.1) is 0 Å². The van der Waals surface area contributed by atoms with Crippen molar-refractivity contribution >= 4 is 35.6 Å². The molecule has 0 atom stereocenters. The zero-order chi connectivity index (χ0) is 21.3. The molecule has 1 fully saturated rings. The minimum Gasteiger partial charge on any atom is -0.481 e. The number of amides is 4. The second-order valence-corrected chi connectivity index (χ2v) is 6.22. The van der Waals surface area contributed by atoms with E-state index in [2.05, 4.69) is 5.32 Å². The summed E-state index contributed by atoms with van der Waals surface area (Å²) in [5, 5.41) is 10.9. The van der Waals surface area contributed by atoms with Gasteiger partial charge in [-0.25, -0.2) is 14.5 Å². The molecule has 2 aromatic carbocycles. The summed E-state index contributed by atoms with van der Waals surface area (Å²) in [6, 6.07) is 9.88. The van der Waals surface area contributed by atoms with Crippen LogP contribution in [0.2, 0.25) is 0 Å². The van der Waals surface area contributed by atoms with E-state index in [4.69, 9.17) is 19.3 Å². The Labute approximate surface area is 169 Å². The number of nitrogens with zero attached hydrogens (tertiary/aromatic N) is 1. The van der Waals surface area contributed by atoms with Gasteiger partial charge in [-0.05, 0) is 24.3 Å². The molecule has 10 nitrogen and oxygen atoms in total. The summed E-state index contributed by atoms with van der Waals surface area (Å²) in [7, 11) is 0. The molecule has 0 aromatic heterocycles. The van der Waals surface area contributed by atoms with Gasteiger partial charge in [-0.1, -0.05) is 18.2 Å². The van der Waals surface area contributed by atoms with E-state index in [0.717, 1.165) is 4.90 Å². The van der Waals surface area contributed by atoms with Gasteiger partial charge in [0.1, 0.15) is 11.3 Å². The number of fused-ring (bicyclic) bond motifs is 1. The van der Waals surface area contributed by atoms with Crippen molar-refractivity contribution in [2.75, 3.05) is 18.3 Å². The fourth-order valence-corrected chi connectivity index (χ4v) is 2.94. The molecule has 2 heterocycles. The second kappa shape index (κ2) is 7.59. The van der Waals surface area contributed by atoms with Crippen LogP contribution in [0.3, 0.4) is 0 Å². The van der Waals surface area contributed by atoms with E-state index < -0.39 is 30.4 Å². The topological polar surface area (TPSA) is 131 Å². The Morgan fingerprint density at radius 1 is 1.13 bits per heavy atom. The van der Waals surface area contributed by atoms with Crippen molar-refractivity contribution in [1.29, 1.82) is 0 Å². The van der Waals surface area contributed by atoms with Crippen LogP contribution in [0.4, 0.5) is 10.5 Å². The minimum absolute atomic E-state index is 0.0235. The van der Waals surface area contributed by atoms with Crippen molar-refractivity contribution in [2.24, 2.45) is 0 Å². The summed E-state index contributed by atoms with van der Waals surface area (Å²) in [5.74, 6) is -1.91. The van der Waals surface area contributed by atoms with Crippen molar-refractivity contribution in [1.82, 2.24) is 5.32 Å². The Kier molecular flexibility index (Phi) is 4.80. The fraction of sp³-hybridized carbons (Fsp3) is 0.100. The molecule has 0 radical (unpaired) electrons. The number of ether oxygens (including phenoxy) is 3.